The fourth-order valence-electron chi connectivity index (χ4n) is 3.37. The van der Waals surface area contributed by atoms with Crippen LogP contribution in [0.2, 0.25) is 0 Å². The van der Waals surface area contributed by atoms with Crippen molar-refractivity contribution in [2.24, 2.45) is 5.92 Å². The Balaban J connectivity index is 1.71. The number of thioether (sulfide) groups is 1. The highest BCUT2D eigenvalue weighted by molar-refractivity contribution is 8.00. The second-order valence-electron chi connectivity index (χ2n) is 7.43. The molecule has 1 N–H and O–H groups in total. The van der Waals surface area contributed by atoms with Crippen molar-refractivity contribution >= 4 is 17.7 Å². The molecule has 2 aromatic carbocycles. The van der Waals surface area contributed by atoms with Gasteiger partial charge in [-0.3, -0.25) is 4.79 Å². The van der Waals surface area contributed by atoms with Crippen molar-refractivity contribution in [2.45, 2.75) is 39.1 Å². The fraction of sp³-hybridized carbons (Fsp3) is 0.333. The SMILES string of the molecule is CCSC(C(=O)NCc1ccccc1-c1ccc(Cn2ccnc2)cc1)C(C)C. The standard InChI is InChI=1S/C24H29N3OS/c1-4-29-23(18(2)3)24(28)26-15-21-7-5-6-8-22(21)20-11-9-19(10-12-20)16-27-14-13-25-17-27/h5-14,17-18,23H,4,15-16H2,1-3H3,(H,26,28). The number of nitrogens with one attached hydrogen (secondary N) is 1. The Labute approximate surface area is 177 Å². The summed E-state index contributed by atoms with van der Waals surface area (Å²) in [5, 5.41) is 3.14. The van der Waals surface area contributed by atoms with Crippen LogP contribution in [0.3, 0.4) is 0 Å². The molecule has 0 radical (unpaired) electrons. The van der Waals surface area contributed by atoms with Crippen LogP contribution in [-0.2, 0) is 17.9 Å². The van der Waals surface area contributed by atoms with Gasteiger partial charge in [-0.2, -0.15) is 0 Å². The molecule has 0 saturated carbocycles. The number of hydrogen-bond acceptors (Lipinski definition) is 3. The molecule has 1 aromatic heterocycles. The number of nitrogens with zero attached hydrogens (tertiary/aromatic N) is 2. The largest absolute Gasteiger partial charge is 0.351 e. The maximum absolute atomic E-state index is 12.7. The minimum atomic E-state index is -0.00498. The van der Waals surface area contributed by atoms with E-state index in [1.165, 1.54) is 5.56 Å². The normalized spacial score (nSPS) is 12.1. The van der Waals surface area contributed by atoms with Crippen LogP contribution in [0.1, 0.15) is 31.9 Å². The molecule has 3 rings (SSSR count). The predicted molar refractivity (Wildman–Crippen MR) is 122 cm³/mol. The predicted octanol–water partition coefficient (Wildman–Crippen LogP) is 4.99. The van der Waals surface area contributed by atoms with E-state index in [-0.39, 0.29) is 11.2 Å². The summed E-state index contributed by atoms with van der Waals surface area (Å²) in [6.07, 6.45) is 5.59. The number of carbonyl (C=O) groups is 1. The number of amides is 1. The van der Waals surface area contributed by atoms with Gasteiger partial charge < -0.3 is 9.88 Å². The van der Waals surface area contributed by atoms with Gasteiger partial charge in [-0.05, 0) is 33.9 Å². The molecule has 0 spiro atoms. The molecule has 0 fully saturated rings. The van der Waals surface area contributed by atoms with Crippen molar-refractivity contribution < 1.29 is 4.79 Å². The Morgan fingerprint density at radius 2 is 1.90 bits per heavy atom. The molecular weight excluding hydrogens is 378 g/mol. The van der Waals surface area contributed by atoms with Crippen LogP contribution in [-0.4, -0.2) is 26.5 Å². The molecule has 1 unspecified atom stereocenters. The number of carbonyl (C=O) groups excluding carboxylic acids is 1. The molecule has 3 aromatic rings. The highest BCUT2D eigenvalue weighted by Gasteiger charge is 2.21. The quantitative estimate of drug-likeness (QED) is 0.543. The molecule has 29 heavy (non-hydrogen) atoms. The van der Waals surface area contributed by atoms with Crippen LogP contribution >= 0.6 is 11.8 Å². The molecule has 0 aliphatic heterocycles. The first kappa shape index (κ1) is 21.2. The summed E-state index contributed by atoms with van der Waals surface area (Å²) in [6.45, 7) is 7.65. The van der Waals surface area contributed by atoms with Crippen LogP contribution < -0.4 is 5.32 Å². The van der Waals surface area contributed by atoms with Crippen LogP contribution in [0, 0.1) is 5.92 Å². The molecule has 4 nitrogen and oxygen atoms in total. The Hall–Kier alpha value is -2.53. The topological polar surface area (TPSA) is 46.9 Å². The lowest BCUT2D eigenvalue weighted by molar-refractivity contribution is -0.121. The molecule has 152 valence electrons. The van der Waals surface area contributed by atoms with E-state index >= 15 is 0 Å². The molecular formula is C24H29N3OS. The molecule has 1 atom stereocenters. The second-order valence-corrected chi connectivity index (χ2v) is 8.85. The van der Waals surface area contributed by atoms with Gasteiger partial charge in [0.05, 0.1) is 11.6 Å². The lowest BCUT2D eigenvalue weighted by Gasteiger charge is -2.20. The zero-order valence-electron chi connectivity index (χ0n) is 17.3. The van der Waals surface area contributed by atoms with Crippen molar-refractivity contribution in [1.29, 1.82) is 0 Å². The van der Waals surface area contributed by atoms with Crippen LogP contribution in [0.25, 0.3) is 11.1 Å². The third kappa shape index (κ3) is 5.73. The second kappa shape index (κ2) is 10.3. The summed E-state index contributed by atoms with van der Waals surface area (Å²) >= 11 is 1.71. The fourth-order valence-corrected chi connectivity index (χ4v) is 4.35. The van der Waals surface area contributed by atoms with Crippen LogP contribution in [0.4, 0.5) is 0 Å². The van der Waals surface area contributed by atoms with Gasteiger partial charge in [-0.25, -0.2) is 4.98 Å². The van der Waals surface area contributed by atoms with Gasteiger partial charge >= 0.3 is 0 Å². The molecule has 0 saturated heterocycles. The van der Waals surface area contributed by atoms with Crippen molar-refractivity contribution in [3.63, 3.8) is 0 Å². The van der Waals surface area contributed by atoms with E-state index in [1.54, 1.807) is 18.0 Å². The van der Waals surface area contributed by atoms with E-state index in [1.807, 2.05) is 24.7 Å². The number of imidazole rings is 1. The number of rotatable bonds is 9. The minimum Gasteiger partial charge on any atom is -0.351 e. The van der Waals surface area contributed by atoms with Gasteiger partial charge in [0.25, 0.3) is 0 Å². The lowest BCUT2D eigenvalue weighted by Crippen LogP contribution is -2.35. The van der Waals surface area contributed by atoms with Gasteiger partial charge in [0, 0.05) is 25.5 Å². The number of benzene rings is 2. The van der Waals surface area contributed by atoms with E-state index in [2.05, 4.69) is 72.0 Å². The summed E-state index contributed by atoms with van der Waals surface area (Å²) < 4.78 is 2.05. The van der Waals surface area contributed by atoms with E-state index in [0.717, 1.165) is 29.0 Å². The Morgan fingerprint density at radius 1 is 1.14 bits per heavy atom. The Morgan fingerprint density at radius 3 is 2.55 bits per heavy atom. The van der Waals surface area contributed by atoms with Crippen molar-refractivity contribution in [3.05, 3.63) is 78.4 Å². The Bertz CT molecular complexity index is 904. The van der Waals surface area contributed by atoms with Gasteiger partial charge in [0.1, 0.15) is 0 Å². The van der Waals surface area contributed by atoms with Crippen LogP contribution in [0.15, 0.2) is 67.3 Å². The highest BCUT2D eigenvalue weighted by Crippen LogP contribution is 2.25. The zero-order valence-corrected chi connectivity index (χ0v) is 18.2. The molecule has 5 heteroatoms. The average Bonchev–Trinajstić information content (AvgIpc) is 3.24. The van der Waals surface area contributed by atoms with Crippen LogP contribution in [0.5, 0.6) is 0 Å². The minimum absolute atomic E-state index is 0.00498. The van der Waals surface area contributed by atoms with E-state index in [0.29, 0.717) is 12.5 Å². The van der Waals surface area contributed by atoms with Crippen molar-refractivity contribution in [3.8, 4) is 11.1 Å². The number of hydrogen-bond donors (Lipinski definition) is 1. The molecule has 0 bridgehead atoms. The van der Waals surface area contributed by atoms with E-state index in [9.17, 15) is 4.79 Å². The first-order chi connectivity index (χ1) is 14.1. The van der Waals surface area contributed by atoms with E-state index in [4.69, 9.17) is 0 Å². The summed E-state index contributed by atoms with van der Waals surface area (Å²) in [5.74, 6) is 1.38. The highest BCUT2D eigenvalue weighted by atomic mass is 32.2. The molecule has 0 aliphatic carbocycles. The van der Waals surface area contributed by atoms with Gasteiger partial charge in [-0.1, -0.05) is 69.3 Å². The average molecular weight is 408 g/mol. The third-order valence-corrected chi connectivity index (χ3v) is 6.32. The lowest BCUT2D eigenvalue weighted by atomic mass is 9.98. The van der Waals surface area contributed by atoms with Gasteiger partial charge in [0.15, 0.2) is 0 Å². The first-order valence-electron chi connectivity index (χ1n) is 10.1. The Kier molecular flexibility index (Phi) is 7.53. The summed E-state index contributed by atoms with van der Waals surface area (Å²) in [4.78, 5) is 16.7. The zero-order chi connectivity index (χ0) is 20.6. The van der Waals surface area contributed by atoms with Gasteiger partial charge in [-0.15, -0.1) is 11.8 Å². The third-order valence-electron chi connectivity index (χ3n) is 4.87. The number of aromatic nitrogens is 2. The summed E-state index contributed by atoms with van der Waals surface area (Å²) in [6, 6.07) is 16.9. The maximum atomic E-state index is 12.7. The summed E-state index contributed by atoms with van der Waals surface area (Å²) in [7, 11) is 0. The van der Waals surface area contributed by atoms with E-state index < -0.39 is 0 Å². The van der Waals surface area contributed by atoms with Gasteiger partial charge in [0.2, 0.25) is 5.91 Å². The van der Waals surface area contributed by atoms with Crippen molar-refractivity contribution in [1.82, 2.24) is 14.9 Å². The molecule has 0 aliphatic rings. The smallest absolute Gasteiger partial charge is 0.233 e. The molecule has 1 heterocycles. The monoisotopic (exact) mass is 407 g/mol. The maximum Gasteiger partial charge on any atom is 0.233 e. The van der Waals surface area contributed by atoms with Crippen molar-refractivity contribution in [2.75, 3.05) is 5.75 Å². The first-order valence-corrected chi connectivity index (χ1v) is 11.2. The molecule has 1 amide bonds. The summed E-state index contributed by atoms with van der Waals surface area (Å²) in [5.41, 5.74) is 4.68.